The van der Waals surface area contributed by atoms with Crippen LogP contribution in [0.4, 0.5) is 0 Å². The Labute approximate surface area is 103 Å². The van der Waals surface area contributed by atoms with Gasteiger partial charge in [-0.1, -0.05) is 13.3 Å². The summed E-state index contributed by atoms with van der Waals surface area (Å²) in [5.74, 6) is 0. The number of ether oxygens (including phenoxy) is 1. The molecule has 1 aromatic rings. The van der Waals surface area contributed by atoms with Gasteiger partial charge in [0.2, 0.25) is 0 Å². The van der Waals surface area contributed by atoms with Crippen LogP contribution in [0.5, 0.6) is 0 Å². The highest BCUT2D eigenvalue weighted by Gasteiger charge is 2.19. The summed E-state index contributed by atoms with van der Waals surface area (Å²) in [5, 5.41) is 3.51. The maximum atomic E-state index is 5.60. The van der Waals surface area contributed by atoms with Crippen LogP contribution in [0.25, 0.3) is 0 Å². The molecule has 0 amide bonds. The fourth-order valence-corrected chi connectivity index (χ4v) is 2.26. The molecule has 1 N–H and O–H groups in total. The molecule has 0 saturated carbocycles. The van der Waals surface area contributed by atoms with Gasteiger partial charge in [-0.05, 0) is 25.8 Å². The van der Waals surface area contributed by atoms with Crippen molar-refractivity contribution in [3.63, 3.8) is 0 Å². The summed E-state index contributed by atoms with van der Waals surface area (Å²) < 4.78 is 7.81. The van der Waals surface area contributed by atoms with E-state index in [1.165, 1.54) is 25.0 Å². The van der Waals surface area contributed by atoms with Gasteiger partial charge in [0.05, 0.1) is 18.6 Å². The van der Waals surface area contributed by atoms with Gasteiger partial charge in [-0.3, -0.25) is 0 Å². The molecule has 1 atom stereocenters. The van der Waals surface area contributed by atoms with Crippen molar-refractivity contribution < 1.29 is 4.74 Å². The van der Waals surface area contributed by atoms with Crippen molar-refractivity contribution in [2.45, 2.75) is 45.2 Å². The summed E-state index contributed by atoms with van der Waals surface area (Å²) in [6.07, 6.45) is 8.74. The third-order valence-corrected chi connectivity index (χ3v) is 3.28. The molecule has 1 saturated heterocycles. The quantitative estimate of drug-likeness (QED) is 0.738. The largest absolute Gasteiger partial charge is 0.380 e. The van der Waals surface area contributed by atoms with E-state index in [4.69, 9.17) is 4.74 Å². The molecule has 0 aliphatic carbocycles. The topological polar surface area (TPSA) is 39.1 Å². The van der Waals surface area contributed by atoms with Gasteiger partial charge in [-0.2, -0.15) is 0 Å². The van der Waals surface area contributed by atoms with Crippen LogP contribution in [-0.2, 0) is 11.3 Å². The molecule has 0 aromatic carbocycles. The Morgan fingerprint density at radius 3 is 3.24 bits per heavy atom. The van der Waals surface area contributed by atoms with E-state index >= 15 is 0 Å². The van der Waals surface area contributed by atoms with Gasteiger partial charge in [0.15, 0.2) is 0 Å². The maximum absolute atomic E-state index is 5.60. The second-order valence-corrected chi connectivity index (χ2v) is 4.63. The van der Waals surface area contributed by atoms with Crippen LogP contribution in [0, 0.1) is 0 Å². The fourth-order valence-electron chi connectivity index (χ4n) is 2.26. The van der Waals surface area contributed by atoms with Gasteiger partial charge in [0, 0.05) is 25.4 Å². The maximum Gasteiger partial charge on any atom is 0.0949 e. The molecule has 1 unspecified atom stereocenters. The van der Waals surface area contributed by atoms with E-state index in [9.17, 15) is 0 Å². The van der Waals surface area contributed by atoms with Crippen molar-refractivity contribution in [3.05, 3.63) is 18.2 Å². The minimum atomic E-state index is 0.494. The molecular formula is C13H23N3O. The van der Waals surface area contributed by atoms with Gasteiger partial charge < -0.3 is 14.6 Å². The molecule has 4 heteroatoms. The first-order chi connectivity index (χ1) is 8.42. The summed E-state index contributed by atoms with van der Waals surface area (Å²) in [5.41, 5.74) is 1.31. The lowest BCUT2D eigenvalue weighted by atomic mass is 10.2. The van der Waals surface area contributed by atoms with Crippen LogP contribution < -0.4 is 5.32 Å². The number of nitrogens with one attached hydrogen (secondary N) is 1. The standard InChI is InChI=1S/C13H23N3O/c1-2-3-8-17-9-7-16-11-14-10-13(16)12-5-4-6-15-12/h10-12,15H,2-9H2,1H3. The van der Waals surface area contributed by atoms with E-state index in [1.807, 2.05) is 12.5 Å². The first-order valence-corrected chi connectivity index (χ1v) is 6.73. The molecule has 1 aromatic heterocycles. The second-order valence-electron chi connectivity index (χ2n) is 4.63. The minimum Gasteiger partial charge on any atom is -0.380 e. The van der Waals surface area contributed by atoms with Crippen molar-refractivity contribution in [2.75, 3.05) is 19.8 Å². The number of unbranched alkanes of at least 4 members (excludes halogenated alkanes) is 1. The van der Waals surface area contributed by atoms with Gasteiger partial charge >= 0.3 is 0 Å². The predicted octanol–water partition coefficient (Wildman–Crippen LogP) is 2.12. The zero-order valence-electron chi connectivity index (χ0n) is 10.7. The van der Waals surface area contributed by atoms with E-state index in [2.05, 4.69) is 21.8 Å². The van der Waals surface area contributed by atoms with Crippen LogP contribution in [0.15, 0.2) is 12.5 Å². The number of nitrogens with zero attached hydrogens (tertiary/aromatic N) is 2. The van der Waals surface area contributed by atoms with Crippen molar-refractivity contribution >= 4 is 0 Å². The molecule has 1 aliphatic heterocycles. The molecule has 4 nitrogen and oxygen atoms in total. The van der Waals surface area contributed by atoms with Crippen LogP contribution in [0.3, 0.4) is 0 Å². The minimum absolute atomic E-state index is 0.494. The smallest absolute Gasteiger partial charge is 0.0949 e. The number of imidazole rings is 1. The predicted molar refractivity (Wildman–Crippen MR) is 67.9 cm³/mol. The highest BCUT2D eigenvalue weighted by Crippen LogP contribution is 2.22. The van der Waals surface area contributed by atoms with Crippen molar-refractivity contribution in [1.82, 2.24) is 14.9 Å². The Bertz CT molecular complexity index is 318. The average molecular weight is 237 g/mol. The lowest BCUT2D eigenvalue weighted by Crippen LogP contribution is -2.18. The molecular weight excluding hydrogens is 214 g/mol. The van der Waals surface area contributed by atoms with Gasteiger partial charge in [-0.25, -0.2) is 4.98 Å². The normalized spacial score (nSPS) is 19.9. The third kappa shape index (κ3) is 3.54. The lowest BCUT2D eigenvalue weighted by Gasteiger charge is -2.13. The fraction of sp³-hybridized carbons (Fsp3) is 0.769. The van der Waals surface area contributed by atoms with Crippen LogP contribution >= 0.6 is 0 Å². The highest BCUT2D eigenvalue weighted by atomic mass is 16.5. The Morgan fingerprint density at radius 2 is 2.47 bits per heavy atom. The number of rotatable bonds is 7. The molecule has 1 fully saturated rings. The average Bonchev–Trinajstić information content (AvgIpc) is 2.98. The van der Waals surface area contributed by atoms with Crippen molar-refractivity contribution in [2.24, 2.45) is 0 Å². The van der Waals surface area contributed by atoms with Gasteiger partial charge in [0.1, 0.15) is 0 Å². The van der Waals surface area contributed by atoms with E-state index in [-0.39, 0.29) is 0 Å². The van der Waals surface area contributed by atoms with Crippen molar-refractivity contribution in [1.29, 1.82) is 0 Å². The van der Waals surface area contributed by atoms with E-state index in [0.717, 1.165) is 32.7 Å². The number of hydrogen-bond donors (Lipinski definition) is 1. The Balaban J connectivity index is 1.78. The molecule has 2 rings (SSSR count). The van der Waals surface area contributed by atoms with Crippen molar-refractivity contribution in [3.8, 4) is 0 Å². The number of hydrogen-bond acceptors (Lipinski definition) is 3. The molecule has 2 heterocycles. The summed E-state index contributed by atoms with van der Waals surface area (Å²) in [6, 6.07) is 0.494. The number of aromatic nitrogens is 2. The summed E-state index contributed by atoms with van der Waals surface area (Å²) in [7, 11) is 0. The van der Waals surface area contributed by atoms with Gasteiger partial charge in [-0.15, -0.1) is 0 Å². The lowest BCUT2D eigenvalue weighted by molar-refractivity contribution is 0.122. The summed E-state index contributed by atoms with van der Waals surface area (Å²) in [4.78, 5) is 4.25. The first-order valence-electron chi connectivity index (χ1n) is 6.73. The third-order valence-electron chi connectivity index (χ3n) is 3.28. The molecule has 0 spiro atoms. The Hall–Kier alpha value is -0.870. The first kappa shape index (κ1) is 12.6. The Morgan fingerprint density at radius 1 is 1.53 bits per heavy atom. The van der Waals surface area contributed by atoms with Crippen LogP contribution in [0.1, 0.15) is 44.3 Å². The summed E-state index contributed by atoms with van der Waals surface area (Å²) in [6.45, 7) is 5.89. The summed E-state index contributed by atoms with van der Waals surface area (Å²) >= 11 is 0. The molecule has 96 valence electrons. The molecule has 0 radical (unpaired) electrons. The molecule has 1 aliphatic rings. The zero-order chi connectivity index (χ0) is 11.9. The van der Waals surface area contributed by atoms with Crippen LogP contribution in [-0.4, -0.2) is 29.3 Å². The second kappa shape index (κ2) is 6.77. The molecule has 0 bridgehead atoms. The molecule has 17 heavy (non-hydrogen) atoms. The van der Waals surface area contributed by atoms with E-state index in [1.54, 1.807) is 0 Å². The highest BCUT2D eigenvalue weighted by molar-refractivity contribution is 5.07. The van der Waals surface area contributed by atoms with Gasteiger partial charge in [0.25, 0.3) is 0 Å². The van der Waals surface area contributed by atoms with E-state index < -0.39 is 0 Å². The zero-order valence-corrected chi connectivity index (χ0v) is 10.7. The van der Waals surface area contributed by atoms with Crippen LogP contribution in [0.2, 0.25) is 0 Å². The van der Waals surface area contributed by atoms with E-state index in [0.29, 0.717) is 6.04 Å². The Kier molecular flexibility index (Phi) is 5.01. The SMILES string of the molecule is CCCCOCCn1cncc1C1CCCN1. The monoisotopic (exact) mass is 237 g/mol.